The monoisotopic (exact) mass is 399 g/mol. The molecule has 2 aromatic carbocycles. The van der Waals surface area contributed by atoms with Crippen LogP contribution in [0.15, 0.2) is 30.3 Å². The molecule has 1 saturated heterocycles. The molecule has 1 atom stereocenters. The van der Waals surface area contributed by atoms with Gasteiger partial charge < -0.3 is 14.8 Å². The molecule has 4 nitrogen and oxygen atoms in total. The SMILES string of the molecule is CC(C)(C)[C@H]1CC[C@H](Oc2ccc3cc([C@]4(C)COC(=O)N4)ccc3c2F)CC1. The number of carbonyl (C=O) groups excluding carboxylic acids is 1. The third kappa shape index (κ3) is 3.92. The molecule has 2 fully saturated rings. The Balaban J connectivity index is 1.51. The first-order valence-electron chi connectivity index (χ1n) is 10.5. The number of benzene rings is 2. The van der Waals surface area contributed by atoms with E-state index in [1.54, 1.807) is 12.1 Å². The van der Waals surface area contributed by atoms with Gasteiger partial charge in [0.2, 0.25) is 0 Å². The van der Waals surface area contributed by atoms with E-state index in [-0.39, 0.29) is 18.5 Å². The van der Waals surface area contributed by atoms with Gasteiger partial charge in [-0.3, -0.25) is 0 Å². The van der Waals surface area contributed by atoms with Crippen molar-refractivity contribution in [3.63, 3.8) is 0 Å². The molecule has 1 amide bonds. The van der Waals surface area contributed by atoms with Gasteiger partial charge in [0.15, 0.2) is 11.6 Å². The maximum absolute atomic E-state index is 15.1. The molecule has 5 heteroatoms. The van der Waals surface area contributed by atoms with Crippen molar-refractivity contribution in [2.75, 3.05) is 6.61 Å². The average Bonchev–Trinajstić information content (AvgIpc) is 3.03. The van der Waals surface area contributed by atoms with Crippen LogP contribution in [-0.4, -0.2) is 18.8 Å². The number of halogens is 1. The number of carbonyl (C=O) groups is 1. The highest BCUT2D eigenvalue weighted by Crippen LogP contribution is 2.39. The summed E-state index contributed by atoms with van der Waals surface area (Å²) < 4.78 is 26.3. The number of cyclic esters (lactones) is 1. The Hall–Kier alpha value is -2.30. The Labute approximate surface area is 171 Å². The van der Waals surface area contributed by atoms with Gasteiger partial charge in [0, 0.05) is 5.39 Å². The first-order valence-corrected chi connectivity index (χ1v) is 10.5. The molecule has 0 unspecified atom stereocenters. The predicted octanol–water partition coefficient (Wildman–Crippen LogP) is 5.92. The highest BCUT2D eigenvalue weighted by atomic mass is 19.1. The molecule has 0 spiro atoms. The third-order valence-corrected chi connectivity index (χ3v) is 6.62. The number of alkyl carbamates (subject to hydrolysis) is 1. The Bertz CT molecular complexity index is 928. The highest BCUT2D eigenvalue weighted by Gasteiger charge is 2.37. The van der Waals surface area contributed by atoms with Gasteiger partial charge in [-0.1, -0.05) is 39.0 Å². The Morgan fingerprint density at radius 2 is 1.86 bits per heavy atom. The maximum atomic E-state index is 15.1. The van der Waals surface area contributed by atoms with Crippen LogP contribution < -0.4 is 10.1 Å². The van der Waals surface area contributed by atoms with Crippen LogP contribution in [0.25, 0.3) is 10.8 Å². The summed E-state index contributed by atoms with van der Waals surface area (Å²) in [5.41, 5.74) is 0.615. The van der Waals surface area contributed by atoms with E-state index < -0.39 is 11.6 Å². The fourth-order valence-corrected chi connectivity index (χ4v) is 4.60. The lowest BCUT2D eigenvalue weighted by Gasteiger charge is -2.37. The molecule has 0 bridgehead atoms. The molecule has 29 heavy (non-hydrogen) atoms. The second kappa shape index (κ2) is 7.19. The summed E-state index contributed by atoms with van der Waals surface area (Å²) in [7, 11) is 0. The summed E-state index contributed by atoms with van der Waals surface area (Å²) >= 11 is 0. The van der Waals surface area contributed by atoms with E-state index >= 15 is 4.39 Å². The standard InChI is InChI=1S/C24H30FNO3/c1-23(2,3)16-6-9-18(10-7-16)29-20-12-5-15-13-17(8-11-19(15)21(20)25)24(4)14-28-22(27)26-24/h5,8,11-13,16,18H,6-7,9-10,14H2,1-4H3,(H,26,27)/t16-,18-,24-/m0/s1. The quantitative estimate of drug-likeness (QED) is 0.697. The molecule has 156 valence electrons. The fourth-order valence-electron chi connectivity index (χ4n) is 4.60. The molecule has 2 aromatic rings. The van der Waals surface area contributed by atoms with E-state index in [9.17, 15) is 4.79 Å². The lowest BCUT2D eigenvalue weighted by atomic mass is 9.72. The molecular weight excluding hydrogens is 369 g/mol. The lowest BCUT2D eigenvalue weighted by Crippen LogP contribution is -2.37. The minimum atomic E-state index is -0.595. The molecule has 1 N–H and O–H groups in total. The van der Waals surface area contributed by atoms with Crippen molar-refractivity contribution in [3.8, 4) is 5.75 Å². The maximum Gasteiger partial charge on any atom is 0.408 e. The minimum Gasteiger partial charge on any atom is -0.487 e. The van der Waals surface area contributed by atoms with Crippen LogP contribution in [0.3, 0.4) is 0 Å². The summed E-state index contributed by atoms with van der Waals surface area (Å²) in [6.07, 6.45) is 3.83. The molecule has 4 rings (SSSR count). The van der Waals surface area contributed by atoms with Crippen molar-refractivity contribution >= 4 is 16.9 Å². The summed E-state index contributed by atoms with van der Waals surface area (Å²) in [6.45, 7) is 9.04. The topological polar surface area (TPSA) is 47.6 Å². The van der Waals surface area contributed by atoms with Gasteiger partial charge in [0.1, 0.15) is 6.61 Å². The number of hydrogen-bond acceptors (Lipinski definition) is 3. The van der Waals surface area contributed by atoms with Gasteiger partial charge in [0.25, 0.3) is 0 Å². The van der Waals surface area contributed by atoms with Crippen molar-refractivity contribution in [1.82, 2.24) is 5.32 Å². The number of fused-ring (bicyclic) bond motifs is 1. The first kappa shape index (κ1) is 20.0. The van der Waals surface area contributed by atoms with Gasteiger partial charge >= 0.3 is 6.09 Å². The predicted molar refractivity (Wildman–Crippen MR) is 112 cm³/mol. The van der Waals surface area contributed by atoms with Crippen molar-refractivity contribution in [2.24, 2.45) is 11.3 Å². The zero-order valence-corrected chi connectivity index (χ0v) is 17.7. The molecule has 0 aromatic heterocycles. The van der Waals surface area contributed by atoms with Crippen molar-refractivity contribution in [3.05, 3.63) is 41.7 Å². The number of amides is 1. The van der Waals surface area contributed by atoms with E-state index in [2.05, 4.69) is 26.1 Å². The Morgan fingerprint density at radius 1 is 1.14 bits per heavy atom. The molecule has 2 aliphatic rings. The minimum absolute atomic E-state index is 0.0737. The second-order valence-corrected chi connectivity index (χ2v) is 9.80. The third-order valence-electron chi connectivity index (χ3n) is 6.62. The van der Waals surface area contributed by atoms with E-state index in [1.165, 1.54) is 0 Å². The van der Waals surface area contributed by atoms with Gasteiger partial charge in [-0.25, -0.2) is 9.18 Å². The summed E-state index contributed by atoms with van der Waals surface area (Å²) in [5.74, 6) is 0.709. The second-order valence-electron chi connectivity index (χ2n) is 9.80. The van der Waals surface area contributed by atoms with Crippen molar-refractivity contribution < 1.29 is 18.7 Å². The lowest BCUT2D eigenvalue weighted by molar-refractivity contribution is 0.0856. The molecule has 0 radical (unpaired) electrons. The van der Waals surface area contributed by atoms with Crippen LogP contribution in [0, 0.1) is 17.2 Å². The van der Waals surface area contributed by atoms with Gasteiger partial charge in [-0.2, -0.15) is 0 Å². The summed E-state index contributed by atoms with van der Waals surface area (Å²) in [5, 5.41) is 4.14. The fraction of sp³-hybridized carbons (Fsp3) is 0.542. The average molecular weight is 400 g/mol. The zero-order valence-electron chi connectivity index (χ0n) is 17.7. The molecular formula is C24H30FNO3. The molecule has 1 saturated carbocycles. The number of hydrogen-bond donors (Lipinski definition) is 1. The van der Waals surface area contributed by atoms with E-state index in [0.29, 0.717) is 22.5 Å². The van der Waals surface area contributed by atoms with E-state index in [4.69, 9.17) is 9.47 Å². The summed E-state index contributed by atoms with van der Waals surface area (Å²) in [6, 6.07) is 9.13. The largest absolute Gasteiger partial charge is 0.487 e. The number of nitrogens with one attached hydrogen (secondary N) is 1. The molecule has 1 aliphatic carbocycles. The summed E-state index contributed by atoms with van der Waals surface area (Å²) in [4.78, 5) is 11.4. The van der Waals surface area contributed by atoms with Crippen LogP contribution >= 0.6 is 0 Å². The van der Waals surface area contributed by atoms with Crippen LogP contribution in [0.5, 0.6) is 5.75 Å². The van der Waals surface area contributed by atoms with E-state index in [0.717, 1.165) is 36.6 Å². The van der Waals surface area contributed by atoms with Crippen molar-refractivity contribution in [1.29, 1.82) is 0 Å². The smallest absolute Gasteiger partial charge is 0.408 e. The normalized spacial score (nSPS) is 27.6. The van der Waals surface area contributed by atoms with Gasteiger partial charge in [-0.15, -0.1) is 0 Å². The first-order chi connectivity index (χ1) is 13.7. The van der Waals surface area contributed by atoms with Crippen molar-refractivity contribution in [2.45, 2.75) is 65.0 Å². The van der Waals surface area contributed by atoms with Gasteiger partial charge in [0.05, 0.1) is 11.6 Å². The van der Waals surface area contributed by atoms with Crippen LogP contribution in [0.4, 0.5) is 9.18 Å². The zero-order chi connectivity index (χ0) is 20.8. The Kier molecular flexibility index (Phi) is 4.96. The van der Waals surface area contributed by atoms with Crippen LogP contribution in [-0.2, 0) is 10.3 Å². The highest BCUT2D eigenvalue weighted by molar-refractivity contribution is 5.86. The van der Waals surface area contributed by atoms with E-state index in [1.807, 2.05) is 25.1 Å². The van der Waals surface area contributed by atoms with Crippen LogP contribution in [0.1, 0.15) is 58.9 Å². The molecule has 1 aliphatic heterocycles. The van der Waals surface area contributed by atoms with Crippen LogP contribution in [0.2, 0.25) is 0 Å². The Morgan fingerprint density at radius 3 is 2.48 bits per heavy atom. The van der Waals surface area contributed by atoms with Gasteiger partial charge in [-0.05, 0) is 67.0 Å². The number of ether oxygens (including phenoxy) is 2. The molecule has 1 heterocycles. The number of rotatable bonds is 3.